The molecule has 2 aromatic rings. The Kier molecular flexibility index (Phi) is 3.87. The van der Waals surface area contributed by atoms with Crippen molar-refractivity contribution >= 4 is 28.2 Å². The Balaban J connectivity index is 2.11. The fraction of sp³-hybridized carbons (Fsp3) is 0.0714. The summed E-state index contributed by atoms with van der Waals surface area (Å²) in [5.41, 5.74) is 1.70. The highest BCUT2D eigenvalue weighted by Crippen LogP contribution is 2.24. The number of aryl methyl sites for hydroxylation is 1. The molecule has 0 amide bonds. The highest BCUT2D eigenvalue weighted by Gasteiger charge is 2.08. The van der Waals surface area contributed by atoms with Crippen LogP contribution in [0.3, 0.4) is 0 Å². The summed E-state index contributed by atoms with van der Waals surface area (Å²) in [5, 5.41) is 10.6. The van der Waals surface area contributed by atoms with Gasteiger partial charge in [-0.25, -0.2) is 0 Å². The minimum atomic E-state index is -0.441. The van der Waals surface area contributed by atoms with Crippen molar-refractivity contribution in [1.29, 1.82) is 0 Å². The van der Waals surface area contributed by atoms with E-state index in [1.54, 1.807) is 24.3 Å². The zero-order valence-corrected chi connectivity index (χ0v) is 11.0. The molecule has 19 heavy (non-hydrogen) atoms. The lowest BCUT2D eigenvalue weighted by Gasteiger charge is -1.96. The molecule has 96 valence electrons. The van der Waals surface area contributed by atoms with Crippen LogP contribution in [0.5, 0.6) is 0 Å². The predicted molar refractivity (Wildman–Crippen MR) is 75.5 cm³/mol. The molecule has 5 heteroatoms. The van der Waals surface area contributed by atoms with Crippen LogP contribution in [-0.2, 0) is 0 Å². The van der Waals surface area contributed by atoms with Crippen LogP contribution in [-0.4, -0.2) is 10.7 Å². The van der Waals surface area contributed by atoms with E-state index in [2.05, 4.69) is 0 Å². The molecule has 1 heterocycles. The number of benzene rings is 1. The van der Waals surface area contributed by atoms with Gasteiger partial charge in [-0.15, -0.1) is 0 Å². The van der Waals surface area contributed by atoms with Crippen molar-refractivity contribution in [3.8, 4) is 0 Å². The van der Waals surface area contributed by atoms with Gasteiger partial charge in [-0.3, -0.25) is 14.9 Å². The molecule has 0 aliphatic rings. The largest absolute Gasteiger partial charge is 0.324 e. The maximum Gasteiger partial charge on any atom is 0.324 e. The van der Waals surface area contributed by atoms with E-state index < -0.39 is 4.92 Å². The Morgan fingerprint density at radius 1 is 1.21 bits per heavy atom. The lowest BCUT2D eigenvalue weighted by molar-refractivity contribution is -0.380. The van der Waals surface area contributed by atoms with Crippen LogP contribution >= 0.6 is 11.3 Å². The molecule has 0 fully saturated rings. The molecule has 0 radical (unpaired) electrons. The van der Waals surface area contributed by atoms with E-state index in [0.717, 1.165) is 16.9 Å². The third kappa shape index (κ3) is 3.35. The van der Waals surface area contributed by atoms with Crippen LogP contribution in [0, 0.1) is 17.0 Å². The molecule has 0 spiro atoms. The van der Waals surface area contributed by atoms with E-state index in [0.29, 0.717) is 10.4 Å². The average Bonchev–Trinajstić information content (AvgIpc) is 2.86. The second kappa shape index (κ2) is 5.58. The van der Waals surface area contributed by atoms with Gasteiger partial charge >= 0.3 is 5.00 Å². The number of nitrogens with zero attached hydrogens (tertiary/aromatic N) is 1. The van der Waals surface area contributed by atoms with E-state index in [4.69, 9.17) is 0 Å². The second-order valence-electron chi connectivity index (χ2n) is 4.00. The first-order chi connectivity index (χ1) is 9.06. The molecule has 0 unspecified atom stereocenters. The standard InChI is InChI=1S/C14H11NO3S/c1-10-2-4-11(5-3-10)13(16)8-6-12-7-9-14(19-12)15(17)18/h2-9H,1H3. The van der Waals surface area contributed by atoms with Crippen molar-refractivity contribution < 1.29 is 9.72 Å². The minimum absolute atomic E-state index is 0.0717. The summed E-state index contributed by atoms with van der Waals surface area (Å²) >= 11 is 1.04. The number of carbonyl (C=O) groups is 1. The fourth-order valence-electron chi connectivity index (χ4n) is 1.50. The van der Waals surface area contributed by atoms with Crippen molar-refractivity contribution in [2.75, 3.05) is 0 Å². The van der Waals surface area contributed by atoms with E-state index in [1.807, 2.05) is 19.1 Å². The summed E-state index contributed by atoms with van der Waals surface area (Å²) in [6.07, 6.45) is 3.03. The Bertz CT molecular complexity index is 641. The van der Waals surface area contributed by atoms with E-state index in [1.165, 1.54) is 12.1 Å². The first-order valence-corrected chi connectivity index (χ1v) is 6.41. The normalized spacial score (nSPS) is 10.8. The number of thiophene rings is 1. The van der Waals surface area contributed by atoms with Crippen LogP contribution in [0.4, 0.5) is 5.00 Å². The van der Waals surface area contributed by atoms with Crippen molar-refractivity contribution in [2.24, 2.45) is 0 Å². The Labute approximate surface area is 114 Å². The summed E-state index contributed by atoms with van der Waals surface area (Å²) in [5.74, 6) is -0.115. The molecule has 0 N–H and O–H groups in total. The number of carbonyl (C=O) groups excluding carboxylic acids is 1. The average molecular weight is 273 g/mol. The molecule has 0 aliphatic carbocycles. The van der Waals surface area contributed by atoms with Gasteiger partial charge in [0.15, 0.2) is 5.78 Å². The van der Waals surface area contributed by atoms with Gasteiger partial charge < -0.3 is 0 Å². The van der Waals surface area contributed by atoms with E-state index in [-0.39, 0.29) is 10.8 Å². The van der Waals surface area contributed by atoms with Gasteiger partial charge in [0.05, 0.1) is 4.92 Å². The molecule has 0 bridgehead atoms. The topological polar surface area (TPSA) is 60.2 Å². The van der Waals surface area contributed by atoms with E-state index >= 15 is 0 Å². The molecule has 4 nitrogen and oxygen atoms in total. The van der Waals surface area contributed by atoms with Crippen molar-refractivity contribution in [2.45, 2.75) is 6.92 Å². The van der Waals surface area contributed by atoms with Crippen LogP contribution in [0.15, 0.2) is 42.5 Å². The minimum Gasteiger partial charge on any atom is -0.289 e. The molecule has 0 aliphatic heterocycles. The van der Waals surface area contributed by atoms with Gasteiger partial charge in [0.25, 0.3) is 0 Å². The maximum absolute atomic E-state index is 11.9. The summed E-state index contributed by atoms with van der Waals surface area (Å²) in [7, 11) is 0. The zero-order valence-electron chi connectivity index (χ0n) is 10.2. The zero-order chi connectivity index (χ0) is 13.8. The number of allylic oxidation sites excluding steroid dienone is 1. The lowest BCUT2D eigenvalue weighted by atomic mass is 10.1. The number of hydrogen-bond acceptors (Lipinski definition) is 4. The molecule has 0 atom stereocenters. The van der Waals surface area contributed by atoms with Crippen molar-refractivity contribution in [3.05, 3.63) is 68.6 Å². The smallest absolute Gasteiger partial charge is 0.289 e. The summed E-state index contributed by atoms with van der Waals surface area (Å²) < 4.78 is 0. The van der Waals surface area contributed by atoms with Crippen molar-refractivity contribution in [3.63, 3.8) is 0 Å². The van der Waals surface area contributed by atoms with Gasteiger partial charge in [0, 0.05) is 16.5 Å². The van der Waals surface area contributed by atoms with Crippen LogP contribution in [0.25, 0.3) is 6.08 Å². The third-order valence-electron chi connectivity index (χ3n) is 2.53. The molecule has 1 aromatic carbocycles. The first-order valence-electron chi connectivity index (χ1n) is 5.59. The number of rotatable bonds is 4. The molecular weight excluding hydrogens is 262 g/mol. The summed E-state index contributed by atoms with van der Waals surface area (Å²) in [4.78, 5) is 22.6. The van der Waals surface area contributed by atoms with Crippen LogP contribution < -0.4 is 0 Å². The molecular formula is C14H11NO3S. The SMILES string of the molecule is Cc1ccc(C(=O)C=Cc2ccc([N+](=O)[O-])s2)cc1. The lowest BCUT2D eigenvalue weighted by Crippen LogP contribution is -1.93. The van der Waals surface area contributed by atoms with Gasteiger partial charge in [0.2, 0.25) is 0 Å². The van der Waals surface area contributed by atoms with Gasteiger partial charge in [-0.1, -0.05) is 41.2 Å². The van der Waals surface area contributed by atoms with Gasteiger partial charge in [0.1, 0.15) is 0 Å². The second-order valence-corrected chi connectivity index (χ2v) is 5.09. The number of ketones is 1. The molecule has 2 rings (SSSR count). The summed E-state index contributed by atoms with van der Waals surface area (Å²) in [6, 6.07) is 10.3. The van der Waals surface area contributed by atoms with Crippen LogP contribution in [0.1, 0.15) is 20.8 Å². The van der Waals surface area contributed by atoms with E-state index in [9.17, 15) is 14.9 Å². The predicted octanol–water partition coefficient (Wildman–Crippen LogP) is 3.86. The third-order valence-corrected chi connectivity index (χ3v) is 3.53. The molecule has 0 saturated heterocycles. The Morgan fingerprint density at radius 3 is 2.47 bits per heavy atom. The fourth-order valence-corrected chi connectivity index (χ4v) is 2.23. The first kappa shape index (κ1) is 13.2. The summed E-state index contributed by atoms with van der Waals surface area (Å²) in [6.45, 7) is 1.95. The Hall–Kier alpha value is -2.27. The Morgan fingerprint density at radius 2 is 1.89 bits per heavy atom. The quantitative estimate of drug-likeness (QED) is 0.368. The number of nitro groups is 1. The van der Waals surface area contributed by atoms with Gasteiger partial charge in [-0.05, 0) is 25.1 Å². The van der Waals surface area contributed by atoms with Crippen molar-refractivity contribution in [1.82, 2.24) is 0 Å². The maximum atomic E-state index is 11.9. The molecule has 1 aromatic heterocycles. The monoisotopic (exact) mass is 273 g/mol. The molecule has 0 saturated carbocycles. The highest BCUT2D eigenvalue weighted by atomic mass is 32.1. The van der Waals surface area contributed by atoms with Crippen LogP contribution in [0.2, 0.25) is 0 Å². The number of hydrogen-bond donors (Lipinski definition) is 0. The van der Waals surface area contributed by atoms with Gasteiger partial charge in [-0.2, -0.15) is 0 Å². The highest BCUT2D eigenvalue weighted by molar-refractivity contribution is 7.16.